The number of carbonyl (C=O) groups is 1. The highest BCUT2D eigenvalue weighted by atomic mass is 16.6. The van der Waals surface area contributed by atoms with Crippen molar-refractivity contribution in [3.8, 4) is 0 Å². The molecule has 0 amide bonds. The summed E-state index contributed by atoms with van der Waals surface area (Å²) in [4.78, 5) is 22.9. The van der Waals surface area contributed by atoms with Gasteiger partial charge in [0.05, 0.1) is 13.0 Å². The van der Waals surface area contributed by atoms with Crippen molar-refractivity contribution in [2.24, 2.45) is 0 Å². The van der Waals surface area contributed by atoms with E-state index in [1.807, 2.05) is 0 Å². The summed E-state index contributed by atoms with van der Waals surface area (Å²) in [6.07, 6.45) is 0. The first-order valence-electron chi connectivity index (χ1n) is 7.03. The number of hydrogen-bond acceptors (Lipinski definition) is 5. The van der Waals surface area contributed by atoms with Gasteiger partial charge in [0.2, 0.25) is 12.1 Å². The van der Waals surface area contributed by atoms with Gasteiger partial charge in [0, 0.05) is 4.92 Å². The number of nitro groups is 1. The molecule has 120 valence electrons. The number of hydrogen-bond donors (Lipinski definition) is 1. The zero-order chi connectivity index (χ0) is 16.9. The summed E-state index contributed by atoms with van der Waals surface area (Å²) in [5.41, 5.74) is -1.41. The van der Waals surface area contributed by atoms with Gasteiger partial charge in [-0.15, -0.1) is 0 Å². The number of ether oxygens (including phenoxy) is 1. The molecule has 0 aromatic heterocycles. The summed E-state index contributed by atoms with van der Waals surface area (Å²) in [7, 11) is 1.14. The summed E-state index contributed by atoms with van der Waals surface area (Å²) >= 11 is 0. The summed E-state index contributed by atoms with van der Waals surface area (Å²) in [5.74, 6) is -2.01. The molecule has 2 aromatic carbocycles. The fourth-order valence-electron chi connectivity index (χ4n) is 2.62. The van der Waals surface area contributed by atoms with E-state index in [1.165, 1.54) is 0 Å². The Hall–Kier alpha value is -2.73. The third-order valence-corrected chi connectivity index (χ3v) is 3.75. The summed E-state index contributed by atoms with van der Waals surface area (Å²) < 4.78 is 4.74. The van der Waals surface area contributed by atoms with E-state index in [2.05, 4.69) is 0 Å². The number of benzene rings is 2. The molecule has 0 radical (unpaired) electrons. The van der Waals surface area contributed by atoms with Crippen LogP contribution in [-0.2, 0) is 15.1 Å². The highest BCUT2D eigenvalue weighted by Crippen LogP contribution is 2.38. The maximum atomic E-state index is 12.3. The van der Waals surface area contributed by atoms with Crippen molar-refractivity contribution in [3.05, 3.63) is 81.9 Å². The van der Waals surface area contributed by atoms with Gasteiger partial charge in [-0.05, 0) is 11.1 Å². The molecule has 23 heavy (non-hydrogen) atoms. The highest BCUT2D eigenvalue weighted by molar-refractivity contribution is 5.82. The van der Waals surface area contributed by atoms with E-state index >= 15 is 0 Å². The van der Waals surface area contributed by atoms with E-state index in [-0.39, 0.29) is 5.56 Å². The molecule has 0 saturated heterocycles. The van der Waals surface area contributed by atoms with Gasteiger partial charge in [0.15, 0.2) is 0 Å². The molecular formula is C17H17NO5. The normalized spacial score (nSPS) is 14.5. The molecular weight excluding hydrogens is 298 g/mol. The Bertz CT molecular complexity index is 674. The quantitative estimate of drug-likeness (QED) is 0.501. The number of esters is 1. The zero-order valence-electron chi connectivity index (χ0n) is 12.6. The van der Waals surface area contributed by atoms with Crippen molar-refractivity contribution >= 4 is 5.97 Å². The number of nitrogens with zero attached hydrogens (tertiary/aromatic N) is 1. The molecule has 1 N–H and O–H groups in total. The minimum Gasteiger partial charge on any atom is -0.467 e. The minimum absolute atomic E-state index is 0.252. The Morgan fingerprint density at radius 1 is 1.17 bits per heavy atom. The molecule has 0 aliphatic carbocycles. The van der Waals surface area contributed by atoms with E-state index < -0.39 is 29.0 Å². The van der Waals surface area contributed by atoms with Crippen molar-refractivity contribution < 1.29 is 19.6 Å². The zero-order valence-corrected chi connectivity index (χ0v) is 12.6. The Labute approximate surface area is 133 Å². The van der Waals surface area contributed by atoms with Crippen molar-refractivity contribution in [2.45, 2.75) is 11.5 Å². The smallest absolute Gasteiger partial charge is 0.343 e. The predicted octanol–water partition coefficient (Wildman–Crippen LogP) is 2.11. The number of methoxy groups -OCH3 is 1. The maximum Gasteiger partial charge on any atom is 0.343 e. The number of carbonyl (C=O) groups excluding carboxylic acids is 1. The van der Waals surface area contributed by atoms with Crippen LogP contribution in [0.15, 0.2) is 60.7 Å². The lowest BCUT2D eigenvalue weighted by Crippen LogP contribution is -2.45. The van der Waals surface area contributed by atoms with Gasteiger partial charge in [-0.1, -0.05) is 60.7 Å². The topological polar surface area (TPSA) is 89.7 Å². The van der Waals surface area contributed by atoms with Crippen LogP contribution >= 0.6 is 0 Å². The average Bonchev–Trinajstić information content (AvgIpc) is 2.59. The molecule has 0 saturated carbocycles. The van der Waals surface area contributed by atoms with E-state index in [0.717, 1.165) is 7.11 Å². The van der Waals surface area contributed by atoms with E-state index in [1.54, 1.807) is 60.7 Å². The van der Waals surface area contributed by atoms with E-state index in [9.17, 15) is 20.0 Å². The molecule has 2 atom stereocenters. The molecule has 2 rings (SSSR count). The van der Waals surface area contributed by atoms with Crippen molar-refractivity contribution in [3.63, 3.8) is 0 Å². The maximum absolute atomic E-state index is 12.3. The first kappa shape index (κ1) is 16.6. The molecule has 6 heteroatoms. The molecule has 0 aliphatic heterocycles. The van der Waals surface area contributed by atoms with E-state index in [4.69, 9.17) is 4.74 Å². The molecule has 0 bridgehead atoms. The van der Waals surface area contributed by atoms with Gasteiger partial charge < -0.3 is 9.84 Å². The van der Waals surface area contributed by atoms with Crippen molar-refractivity contribution in [1.82, 2.24) is 0 Å². The van der Waals surface area contributed by atoms with Gasteiger partial charge in [-0.25, -0.2) is 4.79 Å². The van der Waals surface area contributed by atoms with Gasteiger partial charge in [0.1, 0.15) is 0 Å². The lowest BCUT2D eigenvalue weighted by atomic mass is 9.77. The van der Waals surface area contributed by atoms with Crippen molar-refractivity contribution in [2.75, 3.05) is 13.7 Å². The second kappa shape index (κ2) is 7.02. The third-order valence-electron chi connectivity index (χ3n) is 3.75. The third kappa shape index (κ3) is 3.37. The van der Waals surface area contributed by atoms with Crippen LogP contribution in [0.4, 0.5) is 0 Å². The van der Waals surface area contributed by atoms with Crippen LogP contribution in [0, 0.1) is 10.1 Å². The molecule has 0 unspecified atom stereocenters. The van der Waals surface area contributed by atoms with Crippen LogP contribution in [-0.4, -0.2) is 29.7 Å². The summed E-state index contributed by atoms with van der Waals surface area (Å²) in [6, 6.07) is 16.6. The number of aliphatic hydroxyl groups is 1. The molecule has 0 fully saturated rings. The second-order valence-electron chi connectivity index (χ2n) is 5.10. The fourth-order valence-corrected chi connectivity index (χ4v) is 2.62. The van der Waals surface area contributed by atoms with Crippen molar-refractivity contribution in [1.29, 1.82) is 0 Å². The van der Waals surface area contributed by atoms with Crippen LogP contribution < -0.4 is 0 Å². The first-order valence-corrected chi connectivity index (χ1v) is 7.03. The lowest BCUT2D eigenvalue weighted by Gasteiger charge is -2.32. The Morgan fingerprint density at radius 2 is 1.70 bits per heavy atom. The minimum atomic E-state index is -2.15. The van der Waals surface area contributed by atoms with Crippen LogP contribution in [0.3, 0.4) is 0 Å². The van der Waals surface area contributed by atoms with Gasteiger partial charge in [-0.3, -0.25) is 10.1 Å². The number of rotatable bonds is 6. The Kier molecular flexibility index (Phi) is 5.08. The second-order valence-corrected chi connectivity index (χ2v) is 5.10. The van der Waals surface area contributed by atoms with Gasteiger partial charge >= 0.3 is 5.97 Å². The summed E-state index contributed by atoms with van der Waals surface area (Å²) in [5, 5.41) is 22.2. The van der Waals surface area contributed by atoms with E-state index in [0.29, 0.717) is 5.56 Å². The molecule has 0 spiro atoms. The SMILES string of the molecule is COC(=O)[C@@](O)(c1ccccc1)[C@@H](C[N+](=O)[O-])c1ccccc1. The predicted molar refractivity (Wildman–Crippen MR) is 83.4 cm³/mol. The van der Waals surface area contributed by atoms with Crippen LogP contribution in [0.5, 0.6) is 0 Å². The molecule has 6 nitrogen and oxygen atoms in total. The molecule has 0 aliphatic rings. The van der Waals surface area contributed by atoms with Crippen LogP contribution in [0.25, 0.3) is 0 Å². The Morgan fingerprint density at radius 3 is 2.17 bits per heavy atom. The van der Waals surface area contributed by atoms with Gasteiger partial charge in [0.25, 0.3) is 0 Å². The van der Waals surface area contributed by atoms with Gasteiger partial charge in [-0.2, -0.15) is 0 Å². The Balaban J connectivity index is 2.62. The lowest BCUT2D eigenvalue weighted by molar-refractivity contribution is -0.487. The van der Waals surface area contributed by atoms with Crippen LogP contribution in [0.2, 0.25) is 0 Å². The summed E-state index contributed by atoms with van der Waals surface area (Å²) in [6.45, 7) is -0.607. The molecule has 2 aromatic rings. The standard InChI is InChI=1S/C17H17NO5/c1-23-16(19)17(20,14-10-6-3-7-11-14)15(12-18(21)22)13-8-4-2-5-9-13/h2-11,15,20H,12H2,1H3/t15-,17+/m0/s1. The fraction of sp³-hybridized carbons (Fsp3) is 0.235. The largest absolute Gasteiger partial charge is 0.467 e. The average molecular weight is 315 g/mol. The highest BCUT2D eigenvalue weighted by Gasteiger charge is 2.49. The monoisotopic (exact) mass is 315 g/mol. The van der Waals surface area contributed by atoms with Crippen LogP contribution in [0.1, 0.15) is 17.0 Å². The first-order chi connectivity index (χ1) is 11.0. The molecule has 0 heterocycles.